The molecule has 23 heavy (non-hydrogen) atoms. The highest BCUT2D eigenvalue weighted by atomic mass is 16.1. The zero-order chi connectivity index (χ0) is 15.6. The highest BCUT2D eigenvalue weighted by molar-refractivity contribution is 6.22. The normalized spacial score (nSPS) is 14.3. The molecule has 0 atom stereocenters. The Balaban J connectivity index is 2.19. The van der Waals surface area contributed by atoms with Crippen molar-refractivity contribution in [2.45, 2.75) is 6.42 Å². The van der Waals surface area contributed by atoms with E-state index in [2.05, 4.69) is 9.98 Å². The number of pyridine rings is 2. The summed E-state index contributed by atoms with van der Waals surface area (Å²) in [7, 11) is 0. The predicted molar refractivity (Wildman–Crippen MR) is 88.1 cm³/mol. The Kier molecular flexibility index (Phi) is 2.29. The van der Waals surface area contributed by atoms with Crippen molar-refractivity contribution in [2.75, 3.05) is 12.3 Å². The number of carbonyl (C=O) groups excluding carboxylic acids is 1. The molecule has 0 radical (unpaired) electrons. The van der Waals surface area contributed by atoms with Crippen LogP contribution in [0.3, 0.4) is 0 Å². The van der Waals surface area contributed by atoms with Gasteiger partial charge in [-0.3, -0.25) is 9.78 Å². The van der Waals surface area contributed by atoms with Crippen molar-refractivity contribution >= 4 is 44.2 Å². The lowest BCUT2D eigenvalue weighted by molar-refractivity contribution is -0.499. The summed E-state index contributed by atoms with van der Waals surface area (Å²) in [6, 6.07) is 9.97. The summed E-state index contributed by atoms with van der Waals surface area (Å²) in [6.07, 6.45) is 2.19. The minimum atomic E-state index is 0.0515. The quantitative estimate of drug-likeness (QED) is 0.282. The minimum absolute atomic E-state index is 0.0515. The maximum atomic E-state index is 12.4. The molecule has 0 bridgehead atoms. The van der Waals surface area contributed by atoms with Crippen LogP contribution >= 0.6 is 0 Å². The fourth-order valence-electron chi connectivity index (χ4n) is 3.55. The van der Waals surface area contributed by atoms with E-state index >= 15 is 0 Å². The van der Waals surface area contributed by atoms with Crippen LogP contribution in [0.25, 0.3) is 32.7 Å². The van der Waals surface area contributed by atoms with E-state index in [0.717, 1.165) is 32.5 Å². The Bertz CT molecular complexity index is 1200. The second-order valence-electron chi connectivity index (χ2n) is 5.82. The molecule has 3 N–H and O–H groups in total. The number of anilines is 1. The van der Waals surface area contributed by atoms with E-state index in [1.807, 2.05) is 30.3 Å². The smallest absolute Gasteiger partial charge is 0.238 e. The highest BCUT2D eigenvalue weighted by Crippen LogP contribution is 2.32. The van der Waals surface area contributed by atoms with Gasteiger partial charge in [0, 0.05) is 17.0 Å². The zero-order valence-electron chi connectivity index (χ0n) is 12.3. The van der Waals surface area contributed by atoms with Gasteiger partial charge < -0.3 is 5.73 Å². The van der Waals surface area contributed by atoms with Crippen LogP contribution in [0, 0.1) is 0 Å². The SMILES string of the molecule is Nc1c2c(c3nc4ccccc4c4ccnc1c34)=[NH+]CCC2=O. The molecule has 2 aromatic carbocycles. The Labute approximate surface area is 130 Å². The molecule has 2 aromatic heterocycles. The maximum absolute atomic E-state index is 12.4. The van der Waals surface area contributed by atoms with Gasteiger partial charge in [0.15, 0.2) is 5.78 Å². The van der Waals surface area contributed by atoms with Crippen LogP contribution in [0.4, 0.5) is 5.69 Å². The molecule has 0 unspecified atom stereocenters. The van der Waals surface area contributed by atoms with Crippen molar-refractivity contribution in [1.29, 1.82) is 0 Å². The lowest BCUT2D eigenvalue weighted by Crippen LogP contribution is -2.80. The molecule has 0 aliphatic carbocycles. The molecule has 1 aliphatic rings. The number of ketones is 1. The lowest BCUT2D eigenvalue weighted by Gasteiger charge is -2.13. The van der Waals surface area contributed by atoms with Gasteiger partial charge in [0.1, 0.15) is 17.6 Å². The van der Waals surface area contributed by atoms with Gasteiger partial charge >= 0.3 is 0 Å². The molecule has 0 spiro atoms. The Morgan fingerprint density at radius 3 is 2.87 bits per heavy atom. The average molecular weight is 301 g/mol. The summed E-state index contributed by atoms with van der Waals surface area (Å²) in [5.41, 5.74) is 9.62. The lowest BCUT2D eigenvalue weighted by atomic mass is 9.95. The molecule has 5 heteroatoms. The van der Waals surface area contributed by atoms with E-state index in [9.17, 15) is 4.79 Å². The number of nitrogens with one attached hydrogen (secondary N) is 1. The van der Waals surface area contributed by atoms with Crippen molar-refractivity contribution in [3.05, 3.63) is 47.4 Å². The number of rotatable bonds is 0. The summed E-state index contributed by atoms with van der Waals surface area (Å²) in [5, 5.41) is 3.79. The van der Waals surface area contributed by atoms with Crippen molar-refractivity contribution in [3.8, 4) is 0 Å². The van der Waals surface area contributed by atoms with Crippen LogP contribution in [0.15, 0.2) is 36.5 Å². The third kappa shape index (κ3) is 1.51. The van der Waals surface area contributed by atoms with Crippen LogP contribution < -0.4 is 16.1 Å². The molecule has 0 amide bonds. The fraction of sp³-hybridized carbons (Fsp3) is 0.111. The number of aromatic nitrogens is 2. The first-order valence-corrected chi connectivity index (χ1v) is 7.58. The number of hydrogen-bond acceptors (Lipinski definition) is 4. The van der Waals surface area contributed by atoms with Crippen molar-refractivity contribution in [3.63, 3.8) is 0 Å². The molecule has 3 heterocycles. The fourth-order valence-corrected chi connectivity index (χ4v) is 3.55. The topological polar surface area (TPSA) is 82.8 Å². The minimum Gasteiger partial charge on any atom is -0.396 e. The van der Waals surface area contributed by atoms with Gasteiger partial charge in [-0.05, 0) is 17.5 Å². The number of benzene rings is 2. The van der Waals surface area contributed by atoms with Crippen LogP contribution in [0.2, 0.25) is 0 Å². The molecule has 0 saturated carbocycles. The van der Waals surface area contributed by atoms with E-state index in [0.29, 0.717) is 29.7 Å². The molecule has 0 saturated heterocycles. The van der Waals surface area contributed by atoms with Gasteiger partial charge in [0.25, 0.3) is 0 Å². The summed E-state index contributed by atoms with van der Waals surface area (Å²) >= 11 is 0. The third-order valence-electron chi connectivity index (χ3n) is 4.56. The van der Waals surface area contributed by atoms with Crippen molar-refractivity contribution < 1.29 is 9.79 Å². The number of para-hydroxylation sites is 1. The summed E-state index contributed by atoms with van der Waals surface area (Å²) < 4.78 is 0. The summed E-state index contributed by atoms with van der Waals surface area (Å²) in [4.78, 5) is 24.9. The van der Waals surface area contributed by atoms with E-state index in [-0.39, 0.29) is 5.78 Å². The van der Waals surface area contributed by atoms with E-state index < -0.39 is 0 Å². The molecule has 0 fully saturated rings. The molecular weight excluding hydrogens is 288 g/mol. The number of carbonyl (C=O) groups is 1. The van der Waals surface area contributed by atoms with Crippen molar-refractivity contribution in [2.24, 2.45) is 0 Å². The molecule has 1 aliphatic heterocycles. The van der Waals surface area contributed by atoms with E-state index in [1.165, 1.54) is 0 Å². The summed E-state index contributed by atoms with van der Waals surface area (Å²) in [5.74, 6) is 0.0515. The molecule has 4 aromatic rings. The molecule has 110 valence electrons. The predicted octanol–water partition coefficient (Wildman–Crippen LogP) is 0.524. The Morgan fingerprint density at radius 2 is 1.96 bits per heavy atom. The van der Waals surface area contributed by atoms with Crippen LogP contribution in [-0.2, 0) is 0 Å². The third-order valence-corrected chi connectivity index (χ3v) is 4.56. The van der Waals surface area contributed by atoms with Crippen molar-refractivity contribution in [1.82, 2.24) is 9.97 Å². The molecular formula is C18H13N4O+. The first-order valence-electron chi connectivity index (χ1n) is 7.58. The number of fused-ring (bicyclic) bond motifs is 4. The molecule has 5 nitrogen and oxygen atoms in total. The summed E-state index contributed by atoms with van der Waals surface area (Å²) in [6.45, 7) is 0.608. The second kappa shape index (κ2) is 4.23. The van der Waals surface area contributed by atoms with Gasteiger partial charge in [-0.1, -0.05) is 18.2 Å². The highest BCUT2D eigenvalue weighted by Gasteiger charge is 2.27. The number of nitrogens with two attached hydrogens (primary N) is 1. The largest absolute Gasteiger partial charge is 0.396 e. The van der Waals surface area contributed by atoms with E-state index in [4.69, 9.17) is 10.7 Å². The van der Waals surface area contributed by atoms with Gasteiger partial charge in [0.2, 0.25) is 5.36 Å². The standard InChI is InChI=1S/C18H12N4O/c19-15-14-12(23)6-8-21-17(14)18-13-10(5-7-20-16(13)15)9-3-1-2-4-11(9)22-18/h1-5,7H,6,8,19H2/p+1. The first-order chi connectivity index (χ1) is 11.3. The van der Waals surface area contributed by atoms with Gasteiger partial charge in [-0.2, -0.15) is 0 Å². The Morgan fingerprint density at radius 1 is 1.09 bits per heavy atom. The number of hydrogen-bond donors (Lipinski definition) is 2. The maximum Gasteiger partial charge on any atom is 0.238 e. The van der Waals surface area contributed by atoms with Gasteiger partial charge in [0.05, 0.1) is 23.1 Å². The zero-order valence-corrected chi connectivity index (χ0v) is 12.3. The van der Waals surface area contributed by atoms with Gasteiger partial charge in [-0.15, -0.1) is 0 Å². The monoisotopic (exact) mass is 301 g/mol. The first kappa shape index (κ1) is 12.5. The van der Waals surface area contributed by atoms with E-state index in [1.54, 1.807) is 6.20 Å². The number of Topliss-reactive ketones (excluding diaryl/α,β-unsaturated/α-hetero) is 1. The van der Waals surface area contributed by atoms with Gasteiger partial charge in [-0.25, -0.2) is 9.98 Å². The van der Waals surface area contributed by atoms with Crippen LogP contribution in [-0.4, -0.2) is 22.3 Å². The number of nitrogens with zero attached hydrogens (tertiary/aromatic N) is 2. The Hall–Kier alpha value is -3.08. The second-order valence-corrected chi connectivity index (χ2v) is 5.82. The van der Waals surface area contributed by atoms with Crippen LogP contribution in [0.5, 0.6) is 0 Å². The number of nitrogen functional groups attached to an aromatic ring is 1. The van der Waals surface area contributed by atoms with Crippen LogP contribution in [0.1, 0.15) is 16.8 Å². The molecule has 5 rings (SSSR count). The average Bonchev–Trinajstić information content (AvgIpc) is 2.59.